The Morgan fingerprint density at radius 1 is 1.08 bits per heavy atom. The third kappa shape index (κ3) is 5.48. The molecule has 2 fully saturated rings. The van der Waals surface area contributed by atoms with Crippen molar-refractivity contribution in [1.82, 2.24) is 14.9 Å². The summed E-state index contributed by atoms with van der Waals surface area (Å²) in [5.74, 6) is 1.84. The molecule has 9 heteroatoms. The maximum Gasteiger partial charge on any atom is 0.416 e. The summed E-state index contributed by atoms with van der Waals surface area (Å²) >= 11 is 0. The van der Waals surface area contributed by atoms with E-state index in [2.05, 4.69) is 27.4 Å². The second-order valence-electron chi connectivity index (χ2n) is 10.5. The summed E-state index contributed by atoms with van der Waals surface area (Å²) in [6, 6.07) is 11.2. The van der Waals surface area contributed by atoms with Crippen molar-refractivity contribution in [2.24, 2.45) is 5.92 Å². The Kier molecular flexibility index (Phi) is 7.31. The van der Waals surface area contributed by atoms with Crippen LogP contribution in [0, 0.1) is 12.8 Å². The number of carbonyl (C=O) groups excluding carboxylic acids is 1. The summed E-state index contributed by atoms with van der Waals surface area (Å²) in [5, 5.41) is 4.17. The first-order valence-electron chi connectivity index (χ1n) is 13.2. The molecule has 2 aliphatic rings. The minimum absolute atomic E-state index is 0.0704. The summed E-state index contributed by atoms with van der Waals surface area (Å²) in [5.41, 5.74) is 1.82. The van der Waals surface area contributed by atoms with E-state index in [0.717, 1.165) is 42.7 Å². The molecule has 0 bridgehead atoms. The van der Waals surface area contributed by atoms with E-state index < -0.39 is 11.7 Å². The van der Waals surface area contributed by atoms with Gasteiger partial charge in [0.1, 0.15) is 11.6 Å². The van der Waals surface area contributed by atoms with E-state index >= 15 is 0 Å². The first-order valence-corrected chi connectivity index (χ1v) is 13.2. The van der Waals surface area contributed by atoms with Crippen molar-refractivity contribution in [3.8, 4) is 0 Å². The molecule has 1 N–H and O–H groups in total. The molecule has 38 heavy (non-hydrogen) atoms. The SMILES string of the molecule is COC1CN(C(=O)C2CCC(c3ccc4nc(C)nc(N[C@H](C)c5cccc(C(F)(F)F)c5)c4c3)CC2)C1. The van der Waals surface area contributed by atoms with Crippen molar-refractivity contribution < 1.29 is 22.7 Å². The van der Waals surface area contributed by atoms with Gasteiger partial charge in [-0.25, -0.2) is 9.97 Å². The van der Waals surface area contributed by atoms with Crippen molar-refractivity contribution in [2.45, 2.75) is 63.8 Å². The average Bonchev–Trinajstić information content (AvgIpc) is 2.87. The Bertz CT molecular complexity index is 1310. The molecule has 0 spiro atoms. The van der Waals surface area contributed by atoms with Crippen molar-refractivity contribution in [3.05, 3.63) is 65.0 Å². The van der Waals surface area contributed by atoms with Crippen LogP contribution in [-0.4, -0.2) is 47.1 Å². The number of fused-ring (bicyclic) bond motifs is 1. The zero-order valence-electron chi connectivity index (χ0n) is 21.9. The van der Waals surface area contributed by atoms with Crippen LogP contribution in [0.5, 0.6) is 0 Å². The van der Waals surface area contributed by atoms with E-state index in [1.54, 1.807) is 20.1 Å². The summed E-state index contributed by atoms with van der Waals surface area (Å²) in [7, 11) is 1.68. The van der Waals surface area contributed by atoms with E-state index in [1.807, 2.05) is 17.9 Å². The van der Waals surface area contributed by atoms with Gasteiger partial charge in [-0.2, -0.15) is 13.2 Å². The number of amides is 1. The van der Waals surface area contributed by atoms with Gasteiger partial charge in [0.25, 0.3) is 0 Å². The number of halogens is 3. The second-order valence-corrected chi connectivity index (χ2v) is 10.5. The fourth-order valence-corrected chi connectivity index (χ4v) is 5.60. The number of rotatable bonds is 6. The summed E-state index contributed by atoms with van der Waals surface area (Å²) < 4.78 is 45.0. The van der Waals surface area contributed by atoms with Crippen LogP contribution < -0.4 is 5.32 Å². The zero-order chi connectivity index (χ0) is 27.0. The number of benzene rings is 2. The van der Waals surface area contributed by atoms with Crippen LogP contribution in [0.15, 0.2) is 42.5 Å². The van der Waals surface area contributed by atoms with Gasteiger partial charge >= 0.3 is 6.18 Å². The average molecular weight is 527 g/mol. The predicted octanol–water partition coefficient (Wildman–Crippen LogP) is 6.26. The minimum Gasteiger partial charge on any atom is -0.378 e. The van der Waals surface area contributed by atoms with Crippen molar-refractivity contribution >= 4 is 22.6 Å². The number of aryl methyl sites for hydroxylation is 1. The molecule has 1 saturated carbocycles. The largest absolute Gasteiger partial charge is 0.416 e. The smallest absolute Gasteiger partial charge is 0.378 e. The Morgan fingerprint density at radius 3 is 2.50 bits per heavy atom. The highest BCUT2D eigenvalue weighted by Crippen LogP contribution is 2.39. The third-order valence-electron chi connectivity index (χ3n) is 7.94. The van der Waals surface area contributed by atoms with Crippen LogP contribution >= 0.6 is 0 Å². The van der Waals surface area contributed by atoms with Gasteiger partial charge in [0.2, 0.25) is 5.91 Å². The Balaban J connectivity index is 1.32. The second kappa shape index (κ2) is 10.5. The summed E-state index contributed by atoms with van der Waals surface area (Å²) in [6.45, 7) is 5.01. The lowest BCUT2D eigenvalue weighted by Crippen LogP contribution is -2.56. The van der Waals surface area contributed by atoms with E-state index in [-0.39, 0.29) is 24.0 Å². The normalized spacial score (nSPS) is 21.3. The Labute approximate surface area is 220 Å². The number of hydrogen-bond acceptors (Lipinski definition) is 5. The first-order chi connectivity index (χ1) is 18.1. The number of anilines is 1. The number of carbonyl (C=O) groups is 1. The zero-order valence-corrected chi connectivity index (χ0v) is 21.9. The Morgan fingerprint density at radius 2 is 1.82 bits per heavy atom. The van der Waals surface area contributed by atoms with Gasteiger partial charge in [-0.05, 0) is 80.8 Å². The summed E-state index contributed by atoms with van der Waals surface area (Å²) in [4.78, 5) is 23.9. The molecule has 1 atom stereocenters. The number of alkyl halides is 3. The van der Waals surface area contributed by atoms with Gasteiger partial charge in [-0.1, -0.05) is 18.2 Å². The molecule has 1 aliphatic carbocycles. The van der Waals surface area contributed by atoms with Crippen LogP contribution in [0.3, 0.4) is 0 Å². The highest BCUT2D eigenvalue weighted by molar-refractivity contribution is 5.90. The van der Waals surface area contributed by atoms with E-state index in [4.69, 9.17) is 4.74 Å². The van der Waals surface area contributed by atoms with Crippen LogP contribution in [0.2, 0.25) is 0 Å². The molecule has 1 saturated heterocycles. The topological polar surface area (TPSA) is 67.3 Å². The maximum absolute atomic E-state index is 13.2. The number of ether oxygens (including phenoxy) is 1. The molecule has 1 aliphatic heterocycles. The lowest BCUT2D eigenvalue weighted by Gasteiger charge is -2.41. The van der Waals surface area contributed by atoms with Crippen molar-refractivity contribution in [2.75, 3.05) is 25.5 Å². The van der Waals surface area contributed by atoms with E-state index in [9.17, 15) is 18.0 Å². The van der Waals surface area contributed by atoms with Crippen LogP contribution in [0.1, 0.15) is 67.1 Å². The molecule has 1 aromatic heterocycles. The number of hydrogen-bond donors (Lipinski definition) is 1. The van der Waals surface area contributed by atoms with Crippen LogP contribution in [0.4, 0.5) is 19.0 Å². The van der Waals surface area contributed by atoms with E-state index in [1.165, 1.54) is 17.7 Å². The minimum atomic E-state index is -4.39. The molecule has 2 aromatic carbocycles. The Hall–Kier alpha value is -3.20. The molecule has 2 heterocycles. The number of methoxy groups -OCH3 is 1. The highest BCUT2D eigenvalue weighted by atomic mass is 19.4. The van der Waals surface area contributed by atoms with Crippen molar-refractivity contribution in [1.29, 1.82) is 0 Å². The number of nitrogens with zero attached hydrogens (tertiary/aromatic N) is 3. The van der Waals surface area contributed by atoms with E-state index in [0.29, 0.717) is 36.2 Å². The lowest BCUT2D eigenvalue weighted by atomic mass is 9.77. The molecular weight excluding hydrogens is 493 g/mol. The molecular formula is C29H33F3N4O2. The molecule has 0 unspecified atom stereocenters. The van der Waals surface area contributed by atoms with Crippen LogP contribution in [-0.2, 0) is 15.7 Å². The number of aromatic nitrogens is 2. The number of likely N-dealkylation sites (tertiary alicyclic amines) is 1. The third-order valence-corrected chi connectivity index (χ3v) is 7.94. The fourth-order valence-electron chi connectivity index (χ4n) is 5.60. The van der Waals surface area contributed by atoms with Gasteiger partial charge in [0.05, 0.1) is 17.2 Å². The molecule has 5 rings (SSSR count). The number of nitrogens with one attached hydrogen (secondary N) is 1. The molecule has 6 nitrogen and oxygen atoms in total. The lowest BCUT2D eigenvalue weighted by molar-refractivity contribution is -0.148. The molecule has 202 valence electrons. The van der Waals surface area contributed by atoms with Gasteiger partial charge in [-0.15, -0.1) is 0 Å². The van der Waals surface area contributed by atoms with Gasteiger partial charge < -0.3 is 15.0 Å². The fraction of sp³-hybridized carbons (Fsp3) is 0.483. The molecule has 0 radical (unpaired) electrons. The predicted molar refractivity (Wildman–Crippen MR) is 140 cm³/mol. The summed E-state index contributed by atoms with van der Waals surface area (Å²) in [6.07, 6.45) is -0.652. The van der Waals surface area contributed by atoms with Gasteiger partial charge in [-0.3, -0.25) is 4.79 Å². The molecule has 1 amide bonds. The van der Waals surface area contributed by atoms with Gasteiger partial charge in [0.15, 0.2) is 0 Å². The highest BCUT2D eigenvalue weighted by Gasteiger charge is 2.36. The molecule has 3 aromatic rings. The monoisotopic (exact) mass is 526 g/mol. The van der Waals surface area contributed by atoms with Gasteiger partial charge in [0, 0.05) is 37.5 Å². The first kappa shape index (κ1) is 26.4. The standard InChI is InChI=1S/C29H33F3N4O2/c1-17(21-5-4-6-23(13-21)29(30,31)32)33-27-25-14-22(11-12-26(25)34-18(2)35-27)19-7-9-20(10-8-19)28(37)36-15-24(16-36)38-3/h4-6,11-14,17,19-20,24H,7-10,15-16H2,1-3H3,(H,33,34,35)/t17-,19?,20?/m1/s1. The van der Waals surface area contributed by atoms with Crippen LogP contribution in [0.25, 0.3) is 10.9 Å². The maximum atomic E-state index is 13.2. The van der Waals surface area contributed by atoms with Crippen molar-refractivity contribution in [3.63, 3.8) is 0 Å². The quantitative estimate of drug-likeness (QED) is 0.411.